The van der Waals surface area contributed by atoms with E-state index in [9.17, 15) is 18.0 Å². The van der Waals surface area contributed by atoms with Crippen LogP contribution in [0.3, 0.4) is 0 Å². The Balaban J connectivity index is 1.14. The number of imidazole rings is 1. The Bertz CT molecular complexity index is 1200. The van der Waals surface area contributed by atoms with Crippen molar-refractivity contribution in [1.29, 1.82) is 0 Å². The fraction of sp³-hybridized carbons (Fsp3) is 0.500. The summed E-state index contributed by atoms with van der Waals surface area (Å²) in [6.45, 7) is 1.66. The minimum atomic E-state index is -4.40. The van der Waals surface area contributed by atoms with E-state index in [1.165, 1.54) is 6.07 Å². The second-order valence-corrected chi connectivity index (χ2v) is 9.78. The van der Waals surface area contributed by atoms with Crippen molar-refractivity contribution in [1.82, 2.24) is 15.0 Å². The smallest absolute Gasteiger partial charge is 0.416 e. The molecule has 2 aromatic heterocycles. The number of carbonyl (C=O) groups is 1. The molecule has 0 atom stereocenters. The van der Waals surface area contributed by atoms with Gasteiger partial charge in [-0.15, -0.1) is 0 Å². The Kier molecular flexibility index (Phi) is 6.87. The highest BCUT2D eigenvalue weighted by molar-refractivity contribution is 5.80. The third-order valence-corrected chi connectivity index (χ3v) is 7.24. The zero-order valence-electron chi connectivity index (χ0n) is 19.8. The van der Waals surface area contributed by atoms with E-state index in [1.54, 1.807) is 6.20 Å². The maximum atomic E-state index is 13.0. The van der Waals surface area contributed by atoms with Crippen LogP contribution in [0.4, 0.5) is 19.0 Å². The summed E-state index contributed by atoms with van der Waals surface area (Å²) in [6, 6.07) is 7.26. The highest BCUT2D eigenvalue weighted by Crippen LogP contribution is 2.33. The molecule has 192 valence electrons. The second-order valence-electron chi connectivity index (χ2n) is 9.78. The van der Waals surface area contributed by atoms with Crippen molar-refractivity contribution in [2.75, 3.05) is 18.0 Å². The molecule has 0 spiro atoms. The maximum Gasteiger partial charge on any atom is 0.416 e. The van der Waals surface area contributed by atoms with Crippen molar-refractivity contribution in [3.8, 4) is 11.4 Å². The van der Waals surface area contributed by atoms with Crippen LogP contribution in [0.5, 0.6) is 0 Å². The van der Waals surface area contributed by atoms with Gasteiger partial charge in [-0.2, -0.15) is 13.2 Å². The first-order chi connectivity index (χ1) is 17.2. The normalized spacial score (nSPS) is 21.7. The van der Waals surface area contributed by atoms with Crippen LogP contribution in [0.25, 0.3) is 22.4 Å². The number of H-pyrrole nitrogens is 1. The van der Waals surface area contributed by atoms with Crippen molar-refractivity contribution in [3.05, 3.63) is 42.1 Å². The fourth-order valence-corrected chi connectivity index (χ4v) is 5.25. The zero-order chi connectivity index (χ0) is 25.3. The number of benzene rings is 1. The number of carboxylic acid groups (broad SMARTS) is 1. The van der Waals surface area contributed by atoms with Crippen LogP contribution in [0, 0.1) is 5.92 Å². The number of nitrogens with one attached hydrogen (secondary N) is 1. The number of nitrogens with zero attached hydrogens (tertiary/aromatic N) is 3. The number of anilines is 1. The average molecular weight is 503 g/mol. The van der Waals surface area contributed by atoms with Crippen molar-refractivity contribution >= 4 is 22.8 Å². The fourth-order valence-electron chi connectivity index (χ4n) is 5.25. The molecule has 0 amide bonds. The monoisotopic (exact) mass is 502 g/mol. The van der Waals surface area contributed by atoms with Gasteiger partial charge >= 0.3 is 12.1 Å². The molecule has 2 N–H and O–H groups in total. The molecule has 7 nitrogen and oxygen atoms in total. The average Bonchev–Trinajstić information content (AvgIpc) is 3.29. The molecule has 1 saturated carbocycles. The number of aromatic amines is 1. The molecule has 3 aromatic rings. The minimum absolute atomic E-state index is 0.207. The number of hydrogen-bond donors (Lipinski definition) is 2. The summed E-state index contributed by atoms with van der Waals surface area (Å²) in [5.41, 5.74) is 0.804. The Hall–Kier alpha value is -3.14. The minimum Gasteiger partial charge on any atom is -0.481 e. The quantitative estimate of drug-likeness (QED) is 0.452. The van der Waals surface area contributed by atoms with Gasteiger partial charge in [0.2, 0.25) is 0 Å². The lowest BCUT2D eigenvalue weighted by Crippen LogP contribution is -2.39. The predicted molar refractivity (Wildman–Crippen MR) is 129 cm³/mol. The third-order valence-electron chi connectivity index (χ3n) is 7.24. The largest absolute Gasteiger partial charge is 0.481 e. The molecule has 5 rings (SSSR count). The molecule has 2 aliphatic rings. The standard InChI is InChI=1S/C26H29F3N4O3/c27-26(28,29)18-4-7-21-22(14-18)32-25(31-21)17-3-8-23(30-15-17)33-11-9-20(10-12-33)36-19-5-1-16(2-6-19)13-24(34)35/h3-4,7-8,14-16,19-20H,1-2,5-6,9-13H2,(H,31,32)(H,34,35). The molecular weight excluding hydrogens is 473 g/mol. The van der Waals surface area contributed by atoms with E-state index in [-0.39, 0.29) is 24.5 Å². The Morgan fingerprint density at radius 1 is 1.06 bits per heavy atom. The van der Waals surface area contributed by atoms with Gasteiger partial charge in [0.15, 0.2) is 0 Å². The highest BCUT2D eigenvalue weighted by atomic mass is 19.4. The van der Waals surface area contributed by atoms with Crippen molar-refractivity contribution in [3.63, 3.8) is 0 Å². The van der Waals surface area contributed by atoms with Crippen molar-refractivity contribution in [2.45, 2.75) is 63.3 Å². The van der Waals surface area contributed by atoms with Crippen molar-refractivity contribution in [2.24, 2.45) is 5.92 Å². The summed E-state index contributed by atoms with van der Waals surface area (Å²) < 4.78 is 45.3. The molecule has 3 heterocycles. The van der Waals surface area contributed by atoms with Gasteiger partial charge in [-0.3, -0.25) is 4.79 Å². The Morgan fingerprint density at radius 3 is 2.42 bits per heavy atom. The van der Waals surface area contributed by atoms with E-state index in [1.807, 2.05) is 12.1 Å². The number of pyridine rings is 1. The Morgan fingerprint density at radius 2 is 1.78 bits per heavy atom. The van der Waals surface area contributed by atoms with E-state index >= 15 is 0 Å². The lowest BCUT2D eigenvalue weighted by molar-refractivity contribution is -0.139. The summed E-state index contributed by atoms with van der Waals surface area (Å²) in [5, 5.41) is 8.97. The van der Waals surface area contributed by atoms with Gasteiger partial charge in [-0.1, -0.05) is 0 Å². The van der Waals surface area contributed by atoms with Crippen LogP contribution >= 0.6 is 0 Å². The van der Waals surface area contributed by atoms with Gasteiger partial charge in [0.25, 0.3) is 0 Å². The number of fused-ring (bicyclic) bond motifs is 1. The first-order valence-electron chi connectivity index (χ1n) is 12.4. The molecule has 1 aliphatic heterocycles. The summed E-state index contributed by atoms with van der Waals surface area (Å²) >= 11 is 0. The van der Waals surface area contributed by atoms with Gasteiger partial charge in [-0.05, 0) is 74.8 Å². The van der Waals surface area contributed by atoms with E-state index in [0.717, 1.165) is 69.6 Å². The number of alkyl halides is 3. The van der Waals surface area contributed by atoms with E-state index < -0.39 is 17.7 Å². The van der Waals surface area contributed by atoms with Crippen LogP contribution in [-0.4, -0.2) is 51.3 Å². The van der Waals surface area contributed by atoms with Crippen LogP contribution in [0.1, 0.15) is 50.5 Å². The van der Waals surface area contributed by atoms with Crippen LogP contribution in [-0.2, 0) is 15.7 Å². The summed E-state index contributed by atoms with van der Waals surface area (Å²) in [5.74, 6) is 0.885. The zero-order valence-corrected chi connectivity index (χ0v) is 19.8. The van der Waals surface area contributed by atoms with Gasteiger partial charge in [0, 0.05) is 31.3 Å². The van der Waals surface area contributed by atoms with E-state index in [2.05, 4.69) is 19.9 Å². The molecule has 0 bridgehead atoms. The number of halogens is 3. The molecule has 0 radical (unpaired) electrons. The predicted octanol–water partition coefficient (Wildman–Crippen LogP) is 5.66. The number of hydrogen-bond acceptors (Lipinski definition) is 5. The first kappa shape index (κ1) is 24.5. The first-order valence-corrected chi connectivity index (χ1v) is 12.4. The molecule has 10 heteroatoms. The number of aliphatic carboxylic acids is 1. The summed E-state index contributed by atoms with van der Waals surface area (Å²) in [6.07, 6.45) is 3.49. The van der Waals surface area contributed by atoms with E-state index in [0.29, 0.717) is 22.4 Å². The molecule has 0 unspecified atom stereocenters. The SMILES string of the molecule is O=C(O)CC1CCC(OC2CCN(c3ccc(-c4nc5ccc(C(F)(F)F)cc5[nH]4)cn3)CC2)CC1. The topological polar surface area (TPSA) is 91.3 Å². The second kappa shape index (κ2) is 10.1. The molecular formula is C26H29F3N4O3. The molecule has 1 aromatic carbocycles. The summed E-state index contributed by atoms with van der Waals surface area (Å²) in [4.78, 5) is 25.1. The van der Waals surface area contributed by atoms with Gasteiger partial charge in [0.05, 0.1) is 28.8 Å². The Labute approximate surface area is 206 Å². The molecule has 36 heavy (non-hydrogen) atoms. The van der Waals surface area contributed by atoms with Crippen molar-refractivity contribution < 1.29 is 27.8 Å². The van der Waals surface area contributed by atoms with Crippen LogP contribution in [0.15, 0.2) is 36.5 Å². The summed E-state index contributed by atoms with van der Waals surface area (Å²) in [7, 11) is 0. The van der Waals surface area contributed by atoms with Gasteiger partial charge < -0.3 is 19.7 Å². The van der Waals surface area contributed by atoms with Gasteiger partial charge in [0.1, 0.15) is 11.6 Å². The lowest BCUT2D eigenvalue weighted by atomic mass is 9.85. The number of rotatable bonds is 6. The molecule has 2 fully saturated rings. The lowest BCUT2D eigenvalue weighted by Gasteiger charge is -2.36. The molecule has 1 saturated heterocycles. The highest BCUT2D eigenvalue weighted by Gasteiger charge is 2.31. The number of piperidine rings is 1. The third kappa shape index (κ3) is 5.64. The van der Waals surface area contributed by atoms with Gasteiger partial charge in [-0.25, -0.2) is 9.97 Å². The van der Waals surface area contributed by atoms with E-state index in [4.69, 9.17) is 9.84 Å². The molecule has 1 aliphatic carbocycles. The van der Waals surface area contributed by atoms with Crippen LogP contribution < -0.4 is 4.90 Å². The number of carboxylic acids is 1. The number of ether oxygens (including phenoxy) is 1. The van der Waals surface area contributed by atoms with Crippen LogP contribution in [0.2, 0.25) is 0 Å². The number of aromatic nitrogens is 3. The maximum absolute atomic E-state index is 13.0.